The second-order valence-electron chi connectivity index (χ2n) is 2.74. The Morgan fingerprint density at radius 2 is 1.92 bits per heavy atom. The van der Waals surface area contributed by atoms with Crippen LogP contribution in [0.15, 0.2) is 35.1 Å². The highest BCUT2D eigenvalue weighted by atomic mass is 19.1. The van der Waals surface area contributed by atoms with Crippen LogP contribution in [0.3, 0.4) is 0 Å². The third-order valence-electron chi connectivity index (χ3n) is 1.89. The Kier molecular flexibility index (Phi) is 1.55. The number of rotatable bonds is 0. The molecule has 0 saturated heterocycles. The van der Waals surface area contributed by atoms with Gasteiger partial charge < -0.3 is 5.84 Å². The molecule has 0 spiro atoms. The number of hydrogen-bond acceptors (Lipinski definition) is 2. The predicted molar refractivity (Wildman–Crippen MR) is 48.3 cm³/mol. The lowest BCUT2D eigenvalue weighted by atomic mass is 10.2. The first kappa shape index (κ1) is 7.79. The van der Waals surface area contributed by atoms with E-state index < -0.39 is 5.82 Å². The monoisotopic (exact) mass is 178 g/mol. The van der Waals surface area contributed by atoms with Crippen LogP contribution < -0.4 is 11.4 Å². The van der Waals surface area contributed by atoms with E-state index in [1.807, 2.05) is 0 Å². The fraction of sp³-hybridized carbons (Fsp3) is 0. The molecule has 0 saturated carbocycles. The van der Waals surface area contributed by atoms with E-state index in [2.05, 4.69) is 0 Å². The standard InChI is InChI=1S/C9H7FN2O/c10-7-3-1-6-2-4-9(13)12(11)8(6)5-7/h1-5H,11H2. The van der Waals surface area contributed by atoms with E-state index in [1.165, 1.54) is 18.2 Å². The van der Waals surface area contributed by atoms with Crippen molar-refractivity contribution in [2.24, 2.45) is 0 Å². The van der Waals surface area contributed by atoms with Gasteiger partial charge in [0.15, 0.2) is 0 Å². The fourth-order valence-corrected chi connectivity index (χ4v) is 1.23. The van der Waals surface area contributed by atoms with Crippen molar-refractivity contribution in [1.82, 2.24) is 4.68 Å². The van der Waals surface area contributed by atoms with Crippen molar-refractivity contribution >= 4 is 10.9 Å². The minimum absolute atomic E-state index is 0.349. The number of fused-ring (bicyclic) bond motifs is 1. The number of pyridine rings is 1. The van der Waals surface area contributed by atoms with Crippen LogP contribution in [0.1, 0.15) is 0 Å². The van der Waals surface area contributed by atoms with Gasteiger partial charge in [0.05, 0.1) is 5.52 Å². The van der Waals surface area contributed by atoms with Gasteiger partial charge in [-0.3, -0.25) is 4.79 Å². The molecule has 0 radical (unpaired) electrons. The van der Waals surface area contributed by atoms with Gasteiger partial charge >= 0.3 is 0 Å². The summed E-state index contributed by atoms with van der Waals surface area (Å²) in [4.78, 5) is 11.1. The van der Waals surface area contributed by atoms with Crippen molar-refractivity contribution in [1.29, 1.82) is 0 Å². The lowest BCUT2D eigenvalue weighted by Gasteiger charge is -2.02. The van der Waals surface area contributed by atoms with Crippen molar-refractivity contribution in [2.75, 3.05) is 5.84 Å². The summed E-state index contributed by atoms with van der Waals surface area (Å²) in [5.41, 5.74) is 0.0469. The highest BCUT2D eigenvalue weighted by Gasteiger charge is 2.00. The lowest BCUT2D eigenvalue weighted by molar-refractivity contribution is 0.628. The average molecular weight is 178 g/mol. The molecule has 1 aromatic carbocycles. The quantitative estimate of drug-likeness (QED) is 0.608. The van der Waals surface area contributed by atoms with Crippen LogP contribution in [-0.2, 0) is 0 Å². The maximum absolute atomic E-state index is 12.8. The summed E-state index contributed by atoms with van der Waals surface area (Å²) in [5, 5.41) is 0.739. The number of benzene rings is 1. The molecule has 2 aromatic rings. The van der Waals surface area contributed by atoms with Crippen LogP contribution in [0.4, 0.5) is 4.39 Å². The van der Waals surface area contributed by atoms with Crippen molar-refractivity contribution in [2.45, 2.75) is 0 Å². The zero-order valence-corrected chi connectivity index (χ0v) is 6.70. The molecule has 0 atom stereocenters. The Morgan fingerprint density at radius 1 is 1.23 bits per heavy atom. The molecule has 66 valence electrons. The summed E-state index contributed by atoms with van der Waals surface area (Å²) in [7, 11) is 0. The first-order valence-corrected chi connectivity index (χ1v) is 3.75. The van der Waals surface area contributed by atoms with Crippen LogP contribution in [0.25, 0.3) is 10.9 Å². The number of halogens is 1. The fourth-order valence-electron chi connectivity index (χ4n) is 1.23. The zero-order chi connectivity index (χ0) is 9.42. The number of hydrogen-bond donors (Lipinski definition) is 1. The number of nitrogen functional groups attached to an aromatic ring is 1. The minimum Gasteiger partial charge on any atom is -0.336 e. The van der Waals surface area contributed by atoms with E-state index in [1.54, 1.807) is 12.1 Å². The molecule has 2 rings (SSSR count). The van der Waals surface area contributed by atoms with Crippen molar-refractivity contribution in [3.63, 3.8) is 0 Å². The highest BCUT2D eigenvalue weighted by molar-refractivity contribution is 5.78. The molecule has 1 heterocycles. The molecule has 4 heteroatoms. The van der Waals surface area contributed by atoms with Gasteiger partial charge in [-0.05, 0) is 18.2 Å². The molecule has 0 fully saturated rings. The Bertz CT molecular complexity index is 518. The Balaban J connectivity index is 2.97. The molecular formula is C9H7FN2O. The topological polar surface area (TPSA) is 48.0 Å². The maximum Gasteiger partial charge on any atom is 0.269 e. The van der Waals surface area contributed by atoms with Gasteiger partial charge in [-0.1, -0.05) is 0 Å². The van der Waals surface area contributed by atoms with Crippen molar-refractivity contribution in [3.8, 4) is 0 Å². The van der Waals surface area contributed by atoms with Crippen molar-refractivity contribution < 1.29 is 4.39 Å². The summed E-state index contributed by atoms with van der Waals surface area (Å²) in [6.07, 6.45) is 0. The zero-order valence-electron chi connectivity index (χ0n) is 6.70. The van der Waals surface area contributed by atoms with Gasteiger partial charge in [-0.2, -0.15) is 0 Å². The first-order valence-electron chi connectivity index (χ1n) is 3.75. The maximum atomic E-state index is 12.8. The average Bonchev–Trinajstić information content (AvgIpc) is 2.12. The highest BCUT2D eigenvalue weighted by Crippen LogP contribution is 2.11. The third-order valence-corrected chi connectivity index (χ3v) is 1.89. The van der Waals surface area contributed by atoms with Gasteiger partial charge in [0.2, 0.25) is 0 Å². The van der Waals surface area contributed by atoms with Crippen LogP contribution in [0.2, 0.25) is 0 Å². The first-order chi connectivity index (χ1) is 6.18. The summed E-state index contributed by atoms with van der Waals surface area (Å²) in [5.74, 6) is 5.02. The number of nitrogens with zero attached hydrogens (tertiary/aromatic N) is 1. The number of nitrogens with two attached hydrogens (primary N) is 1. The van der Waals surface area contributed by atoms with Crippen molar-refractivity contribution in [3.05, 3.63) is 46.5 Å². The van der Waals surface area contributed by atoms with E-state index in [0.29, 0.717) is 5.52 Å². The molecule has 2 N–H and O–H groups in total. The summed E-state index contributed by atoms with van der Waals surface area (Å²) < 4.78 is 13.7. The molecule has 0 aliphatic carbocycles. The van der Waals surface area contributed by atoms with Gasteiger partial charge in [0.1, 0.15) is 5.82 Å². The van der Waals surface area contributed by atoms with E-state index in [0.717, 1.165) is 10.1 Å². The predicted octanol–water partition coefficient (Wildman–Crippen LogP) is 0.854. The molecule has 0 unspecified atom stereocenters. The minimum atomic E-state index is -0.405. The van der Waals surface area contributed by atoms with Crippen LogP contribution in [0, 0.1) is 5.82 Å². The van der Waals surface area contributed by atoms with Gasteiger partial charge in [-0.15, -0.1) is 0 Å². The van der Waals surface area contributed by atoms with E-state index in [-0.39, 0.29) is 5.56 Å². The number of aromatic nitrogens is 1. The van der Waals surface area contributed by atoms with E-state index in [9.17, 15) is 9.18 Å². The van der Waals surface area contributed by atoms with E-state index in [4.69, 9.17) is 5.84 Å². The summed E-state index contributed by atoms with van der Waals surface area (Å²) in [6.45, 7) is 0. The summed E-state index contributed by atoms with van der Waals surface area (Å²) >= 11 is 0. The molecule has 0 aliphatic heterocycles. The largest absolute Gasteiger partial charge is 0.336 e. The molecule has 1 aromatic heterocycles. The van der Waals surface area contributed by atoms with Crippen LogP contribution in [0.5, 0.6) is 0 Å². The molecule has 3 nitrogen and oxygen atoms in total. The summed E-state index contributed by atoms with van der Waals surface area (Å²) in [6, 6.07) is 7.09. The molecule has 0 aliphatic rings. The third kappa shape index (κ3) is 1.16. The smallest absolute Gasteiger partial charge is 0.269 e. The Morgan fingerprint density at radius 3 is 2.69 bits per heavy atom. The Labute approximate surface area is 73.2 Å². The van der Waals surface area contributed by atoms with Gasteiger partial charge in [0.25, 0.3) is 5.56 Å². The molecule has 0 bridgehead atoms. The van der Waals surface area contributed by atoms with Gasteiger partial charge in [-0.25, -0.2) is 9.07 Å². The molecule has 0 amide bonds. The van der Waals surface area contributed by atoms with Gasteiger partial charge in [0, 0.05) is 17.5 Å². The normalized spacial score (nSPS) is 10.5. The van der Waals surface area contributed by atoms with E-state index >= 15 is 0 Å². The van der Waals surface area contributed by atoms with Crippen LogP contribution >= 0.6 is 0 Å². The molecule has 13 heavy (non-hydrogen) atoms. The van der Waals surface area contributed by atoms with Crippen LogP contribution in [-0.4, -0.2) is 4.68 Å². The Hall–Kier alpha value is -1.84. The molecular weight excluding hydrogens is 171 g/mol. The second-order valence-corrected chi connectivity index (χ2v) is 2.74. The second kappa shape index (κ2) is 2.58. The SMILES string of the molecule is Nn1c(=O)ccc2ccc(F)cc21. The lowest BCUT2D eigenvalue weighted by Crippen LogP contribution is -2.26.